The third kappa shape index (κ3) is 5.09. The largest absolute Gasteiger partial charge is 0.337 e. The van der Waals surface area contributed by atoms with Gasteiger partial charge in [-0.2, -0.15) is 0 Å². The average molecular weight is 655 g/mol. The van der Waals surface area contributed by atoms with Crippen molar-refractivity contribution in [3.05, 3.63) is 164 Å². The summed E-state index contributed by atoms with van der Waals surface area (Å²) in [4.78, 5) is 26.4. The second-order valence-corrected chi connectivity index (χ2v) is 12.8. The monoisotopic (exact) mass is 654 g/mol. The Balaban J connectivity index is 1.17. The van der Waals surface area contributed by atoms with Crippen molar-refractivity contribution in [2.24, 2.45) is 0 Å². The molecule has 0 spiro atoms. The minimum absolute atomic E-state index is 0.777. The molecule has 0 radical (unpaired) electrons. The molecule has 0 unspecified atom stereocenters. The lowest BCUT2D eigenvalue weighted by molar-refractivity contribution is 1.29. The molecule has 0 aliphatic carbocycles. The maximum atomic E-state index is 5.12. The van der Waals surface area contributed by atoms with E-state index in [1.807, 2.05) is 18.2 Å². The molecule has 0 atom stereocenters. The number of imidazole rings is 3. The van der Waals surface area contributed by atoms with Crippen molar-refractivity contribution in [3.63, 3.8) is 0 Å². The molecular weight excluding hydrogens is 625 g/mol. The van der Waals surface area contributed by atoms with Crippen molar-refractivity contribution in [2.45, 2.75) is 0 Å². The zero-order chi connectivity index (χ0) is 33.7. The fraction of sp³-hybridized carbons (Fsp3) is 0. The van der Waals surface area contributed by atoms with Gasteiger partial charge in [0.05, 0.1) is 33.1 Å². The van der Waals surface area contributed by atoms with E-state index in [-0.39, 0.29) is 0 Å². The summed E-state index contributed by atoms with van der Waals surface area (Å²) in [5.41, 5.74) is 15.3. The Kier molecular flexibility index (Phi) is 6.70. The molecule has 0 aliphatic heterocycles. The van der Waals surface area contributed by atoms with Gasteiger partial charge in [-0.15, -0.1) is 0 Å². The molecule has 7 aromatic carbocycles. The molecule has 0 aliphatic rings. The molecule has 0 saturated carbocycles. The number of hydrogen-bond donors (Lipinski definition) is 3. The Morgan fingerprint density at radius 3 is 0.863 bits per heavy atom. The maximum absolute atomic E-state index is 5.12. The minimum atomic E-state index is 0.777. The van der Waals surface area contributed by atoms with Gasteiger partial charge in [-0.1, -0.05) is 127 Å². The summed E-state index contributed by atoms with van der Waals surface area (Å²) >= 11 is 0. The highest BCUT2D eigenvalue weighted by Crippen LogP contribution is 2.37. The number of aromatic nitrogens is 6. The van der Waals surface area contributed by atoms with Crippen molar-refractivity contribution >= 4 is 33.1 Å². The van der Waals surface area contributed by atoms with Crippen LogP contribution in [0, 0.1) is 0 Å². The number of para-hydroxylation sites is 3. The van der Waals surface area contributed by atoms with Crippen LogP contribution in [0.25, 0.3) is 101 Å². The lowest BCUT2D eigenvalue weighted by atomic mass is 10.0. The second kappa shape index (κ2) is 11.8. The second-order valence-electron chi connectivity index (χ2n) is 12.8. The Bertz CT molecular complexity index is 2520. The van der Waals surface area contributed by atoms with Crippen molar-refractivity contribution < 1.29 is 0 Å². The molecule has 0 saturated heterocycles. The predicted octanol–water partition coefficient (Wildman–Crippen LogP) is 11.3. The van der Waals surface area contributed by atoms with Gasteiger partial charge in [0, 0.05) is 33.4 Å². The smallest absolute Gasteiger partial charge is 0.138 e. The standard InChI is InChI=1S/C45H30N6/c1-4-13-28(14-5-1)34-19-10-22-37-40(34)49-43(46-37)31-25-32(44-47-38-23-11-20-35(41(38)50-44)29-15-6-2-7-16-29)27-33(26-31)45-48-39-24-12-21-36(42(39)51-45)30-17-8-3-9-18-30/h1-27H,(H,46,49)(H,47,50)(H,48,51). The molecule has 3 N–H and O–H groups in total. The number of rotatable bonds is 6. The van der Waals surface area contributed by atoms with Gasteiger partial charge in [-0.3, -0.25) is 0 Å². The minimum Gasteiger partial charge on any atom is -0.337 e. The number of aromatic amines is 3. The molecule has 10 rings (SSSR count). The summed E-state index contributed by atoms with van der Waals surface area (Å²) < 4.78 is 0. The van der Waals surface area contributed by atoms with E-state index in [0.29, 0.717) is 0 Å². The predicted molar refractivity (Wildman–Crippen MR) is 208 cm³/mol. The summed E-state index contributed by atoms with van der Waals surface area (Å²) in [5.74, 6) is 2.33. The number of fused-ring (bicyclic) bond motifs is 3. The van der Waals surface area contributed by atoms with Crippen molar-refractivity contribution in [2.75, 3.05) is 0 Å². The molecule has 6 nitrogen and oxygen atoms in total. The Morgan fingerprint density at radius 1 is 0.275 bits per heavy atom. The van der Waals surface area contributed by atoms with Crippen LogP contribution in [0.3, 0.4) is 0 Å². The maximum Gasteiger partial charge on any atom is 0.138 e. The highest BCUT2D eigenvalue weighted by molar-refractivity contribution is 5.97. The number of hydrogen-bond acceptors (Lipinski definition) is 3. The summed E-state index contributed by atoms with van der Waals surface area (Å²) in [6.07, 6.45) is 0. The van der Waals surface area contributed by atoms with Crippen LogP contribution in [-0.4, -0.2) is 29.9 Å². The van der Waals surface area contributed by atoms with Crippen LogP contribution in [0.4, 0.5) is 0 Å². The van der Waals surface area contributed by atoms with Gasteiger partial charge < -0.3 is 15.0 Å². The third-order valence-corrected chi connectivity index (χ3v) is 9.56. The van der Waals surface area contributed by atoms with Crippen molar-refractivity contribution in [1.82, 2.24) is 29.9 Å². The van der Waals surface area contributed by atoms with Crippen LogP contribution >= 0.6 is 0 Å². The van der Waals surface area contributed by atoms with E-state index in [2.05, 4.69) is 161 Å². The number of benzene rings is 7. The first kappa shape index (κ1) is 28.9. The first-order valence-corrected chi connectivity index (χ1v) is 17.0. The third-order valence-electron chi connectivity index (χ3n) is 9.56. The molecular formula is C45H30N6. The fourth-order valence-electron chi connectivity index (χ4n) is 7.12. The van der Waals surface area contributed by atoms with Gasteiger partial charge in [0.15, 0.2) is 0 Å². The van der Waals surface area contributed by atoms with Gasteiger partial charge in [-0.25, -0.2) is 15.0 Å². The highest BCUT2D eigenvalue weighted by atomic mass is 14.9. The van der Waals surface area contributed by atoms with E-state index >= 15 is 0 Å². The molecule has 51 heavy (non-hydrogen) atoms. The van der Waals surface area contributed by atoms with E-state index in [1.54, 1.807) is 0 Å². The van der Waals surface area contributed by atoms with Gasteiger partial charge in [0.1, 0.15) is 17.5 Å². The molecule has 0 amide bonds. The number of nitrogens with zero attached hydrogens (tertiary/aromatic N) is 3. The quantitative estimate of drug-likeness (QED) is 0.167. The van der Waals surface area contributed by atoms with E-state index in [4.69, 9.17) is 15.0 Å². The van der Waals surface area contributed by atoms with E-state index in [1.165, 1.54) is 0 Å². The van der Waals surface area contributed by atoms with E-state index < -0.39 is 0 Å². The summed E-state index contributed by atoms with van der Waals surface area (Å²) in [6.45, 7) is 0. The topological polar surface area (TPSA) is 86.0 Å². The van der Waals surface area contributed by atoms with Crippen molar-refractivity contribution in [1.29, 1.82) is 0 Å². The SMILES string of the molecule is c1ccc(-c2cccc3nc(-c4cc(-c5nc6cccc(-c7ccccc7)c6[nH]5)cc(-c5nc6cccc(-c7ccccc7)c6[nH]5)c4)[nH]c23)cc1. The zero-order valence-electron chi connectivity index (χ0n) is 27.4. The highest BCUT2D eigenvalue weighted by Gasteiger charge is 2.18. The van der Waals surface area contributed by atoms with Gasteiger partial charge in [0.25, 0.3) is 0 Å². The van der Waals surface area contributed by atoms with Crippen LogP contribution in [0.1, 0.15) is 0 Å². The van der Waals surface area contributed by atoms with Crippen molar-refractivity contribution in [3.8, 4) is 67.5 Å². The van der Waals surface area contributed by atoms with Crippen LogP contribution < -0.4 is 0 Å². The number of H-pyrrole nitrogens is 3. The molecule has 0 bridgehead atoms. The Hall–Kier alpha value is -7.05. The lowest BCUT2D eigenvalue weighted by Crippen LogP contribution is -1.90. The molecule has 3 heterocycles. The molecule has 3 aromatic heterocycles. The first-order valence-electron chi connectivity index (χ1n) is 17.0. The van der Waals surface area contributed by atoms with Crippen LogP contribution in [0.2, 0.25) is 0 Å². The summed E-state index contributed by atoms with van der Waals surface area (Å²) in [6, 6.07) is 56.5. The fourth-order valence-corrected chi connectivity index (χ4v) is 7.12. The first-order chi connectivity index (χ1) is 25.2. The van der Waals surface area contributed by atoms with Gasteiger partial charge in [0.2, 0.25) is 0 Å². The molecule has 10 aromatic rings. The lowest BCUT2D eigenvalue weighted by Gasteiger charge is -2.07. The summed E-state index contributed by atoms with van der Waals surface area (Å²) in [7, 11) is 0. The van der Waals surface area contributed by atoms with E-state index in [0.717, 1.165) is 101 Å². The van der Waals surface area contributed by atoms with Crippen LogP contribution in [-0.2, 0) is 0 Å². The van der Waals surface area contributed by atoms with Crippen LogP contribution in [0.5, 0.6) is 0 Å². The van der Waals surface area contributed by atoms with E-state index in [9.17, 15) is 0 Å². The summed E-state index contributed by atoms with van der Waals surface area (Å²) in [5, 5.41) is 0. The number of nitrogens with one attached hydrogen (secondary N) is 3. The molecule has 0 fully saturated rings. The normalized spacial score (nSPS) is 11.5. The Morgan fingerprint density at radius 2 is 0.569 bits per heavy atom. The van der Waals surface area contributed by atoms with Crippen LogP contribution in [0.15, 0.2) is 164 Å². The molecule has 240 valence electrons. The Labute approximate surface area is 293 Å². The molecule has 6 heteroatoms. The van der Waals surface area contributed by atoms with Gasteiger partial charge in [-0.05, 0) is 53.1 Å². The van der Waals surface area contributed by atoms with Gasteiger partial charge >= 0.3 is 0 Å². The zero-order valence-corrected chi connectivity index (χ0v) is 27.4. The average Bonchev–Trinajstić information content (AvgIpc) is 3.96.